The van der Waals surface area contributed by atoms with Gasteiger partial charge in [-0.2, -0.15) is 0 Å². The number of carbonyl (C=O) groups is 2. The van der Waals surface area contributed by atoms with Gasteiger partial charge in [-0.1, -0.05) is 130 Å². The lowest BCUT2D eigenvalue weighted by Crippen LogP contribution is -2.31. The van der Waals surface area contributed by atoms with Gasteiger partial charge in [0.2, 0.25) is 0 Å². The lowest BCUT2D eigenvalue weighted by atomic mass is 10.0. The summed E-state index contributed by atoms with van der Waals surface area (Å²) in [5.41, 5.74) is 0.953. The molecule has 0 aromatic carbocycles. The van der Waals surface area contributed by atoms with E-state index in [-0.39, 0.29) is 24.1 Å². The van der Waals surface area contributed by atoms with Crippen LogP contribution in [0.1, 0.15) is 200 Å². The minimum Gasteiger partial charge on any atom is -0.462 e. The van der Waals surface area contributed by atoms with Crippen LogP contribution in [0.25, 0.3) is 0 Å². The fourth-order valence-corrected chi connectivity index (χ4v) is 6.84. The molecule has 0 aliphatic rings. The van der Waals surface area contributed by atoms with Crippen LogP contribution in [0.15, 0.2) is 12.5 Å². The van der Waals surface area contributed by atoms with E-state index >= 15 is 0 Å². The van der Waals surface area contributed by atoms with E-state index in [0.717, 1.165) is 70.2 Å². The number of esters is 2. The Bertz CT molecular complexity index is 918. The summed E-state index contributed by atoms with van der Waals surface area (Å²) in [5, 5.41) is 0. The second-order valence-electron chi connectivity index (χ2n) is 15.7. The van der Waals surface area contributed by atoms with Crippen LogP contribution in [0.2, 0.25) is 0 Å². The van der Waals surface area contributed by atoms with E-state index in [0.29, 0.717) is 32.5 Å². The first kappa shape index (κ1) is 48.1. The summed E-state index contributed by atoms with van der Waals surface area (Å²) in [6.45, 7) is 12.4. The van der Waals surface area contributed by atoms with Gasteiger partial charge < -0.3 is 18.9 Å². The lowest BCUT2D eigenvalue weighted by Gasteiger charge is -2.23. The van der Waals surface area contributed by atoms with Crippen LogP contribution in [0.5, 0.6) is 0 Å². The van der Waals surface area contributed by atoms with Crippen LogP contribution in [0.3, 0.4) is 0 Å². The van der Waals surface area contributed by atoms with Crippen LogP contribution in [-0.2, 0) is 32.2 Å². The van der Waals surface area contributed by atoms with Crippen molar-refractivity contribution in [3.05, 3.63) is 18.2 Å². The Morgan fingerprint density at radius 1 is 0.596 bits per heavy atom. The zero-order valence-corrected chi connectivity index (χ0v) is 35.2. The van der Waals surface area contributed by atoms with E-state index < -0.39 is 0 Å². The molecule has 0 spiro atoms. The highest BCUT2D eigenvalue weighted by atomic mass is 16.5. The number of aromatic nitrogens is 2. The predicted molar refractivity (Wildman–Crippen MR) is 219 cm³/mol. The highest BCUT2D eigenvalue weighted by Gasteiger charge is 2.19. The van der Waals surface area contributed by atoms with E-state index in [1.165, 1.54) is 103 Å². The smallest absolute Gasteiger partial charge is 0.307 e. The van der Waals surface area contributed by atoms with Crippen molar-refractivity contribution in [3.63, 3.8) is 0 Å². The second-order valence-corrected chi connectivity index (χ2v) is 15.7. The summed E-state index contributed by atoms with van der Waals surface area (Å²) in [4.78, 5) is 35.6. The lowest BCUT2D eigenvalue weighted by molar-refractivity contribution is -0.150. The third-order valence-corrected chi connectivity index (χ3v) is 10.3. The molecule has 0 aliphatic carbocycles. The fraction of sp³-hybridized carbons (Fsp3) is 0.886. The molecule has 8 nitrogen and oxygen atoms in total. The quantitative estimate of drug-likeness (QED) is 0.0498. The molecule has 0 saturated carbocycles. The zero-order valence-electron chi connectivity index (χ0n) is 35.2. The largest absolute Gasteiger partial charge is 0.462 e. The number of hydrogen-bond acceptors (Lipinski definition) is 7. The van der Waals surface area contributed by atoms with Crippen molar-refractivity contribution >= 4 is 11.9 Å². The van der Waals surface area contributed by atoms with Crippen molar-refractivity contribution in [2.75, 3.05) is 33.7 Å². The number of rotatable bonds is 37. The fourth-order valence-electron chi connectivity index (χ4n) is 6.84. The van der Waals surface area contributed by atoms with Crippen molar-refractivity contribution in [2.45, 2.75) is 220 Å². The van der Waals surface area contributed by atoms with Crippen LogP contribution in [0, 0.1) is 0 Å². The van der Waals surface area contributed by atoms with Crippen LogP contribution in [-0.4, -0.2) is 77.2 Å². The minimum absolute atomic E-state index is 0.00672. The maximum Gasteiger partial charge on any atom is 0.307 e. The Morgan fingerprint density at radius 3 is 1.38 bits per heavy atom. The molecule has 0 aliphatic heterocycles. The summed E-state index contributed by atoms with van der Waals surface area (Å²) in [5.74, 6) is -0.247. The van der Waals surface area contributed by atoms with Gasteiger partial charge in [0, 0.05) is 38.9 Å². The molecular formula is C44H84N4O4. The number of carbonyl (C=O) groups excluding carboxylic acids is 2. The molecule has 8 heteroatoms. The first-order valence-corrected chi connectivity index (χ1v) is 22.1. The summed E-state index contributed by atoms with van der Waals surface area (Å²) in [6, 6.07) is 0. The van der Waals surface area contributed by atoms with Gasteiger partial charge in [0.15, 0.2) is 0 Å². The Hall–Kier alpha value is -1.93. The Labute approximate surface area is 321 Å². The molecule has 0 bridgehead atoms. The van der Waals surface area contributed by atoms with Gasteiger partial charge in [-0.25, -0.2) is 4.98 Å². The first-order valence-electron chi connectivity index (χ1n) is 22.1. The molecule has 1 aromatic heterocycles. The maximum absolute atomic E-state index is 13.3. The minimum atomic E-state index is -0.123. The Morgan fingerprint density at radius 2 is 0.981 bits per heavy atom. The van der Waals surface area contributed by atoms with Gasteiger partial charge in [-0.05, 0) is 65.5 Å². The number of unbranched alkanes of at least 4 members (excludes halogenated alkanes) is 16. The first-order chi connectivity index (χ1) is 25.3. The van der Waals surface area contributed by atoms with E-state index in [1.54, 1.807) is 0 Å². The molecule has 0 N–H and O–H groups in total. The van der Waals surface area contributed by atoms with Crippen molar-refractivity contribution in [2.24, 2.45) is 0 Å². The third kappa shape index (κ3) is 27.6. The number of hydrogen-bond donors (Lipinski definition) is 0. The SMILES string of the molecule is CCCCCCCCC(CCCCCC)OC(=O)CCN(CCC(=O)OC(CCCCCC)CCCCCCCC)Cc1cn(CCN(C)C)cn1. The molecule has 2 unspecified atom stereocenters. The maximum atomic E-state index is 13.3. The topological polar surface area (TPSA) is 76.9 Å². The molecule has 2 atom stereocenters. The van der Waals surface area contributed by atoms with Crippen LogP contribution >= 0.6 is 0 Å². The highest BCUT2D eigenvalue weighted by Crippen LogP contribution is 2.19. The van der Waals surface area contributed by atoms with E-state index in [9.17, 15) is 9.59 Å². The zero-order chi connectivity index (χ0) is 38.1. The van der Waals surface area contributed by atoms with Gasteiger partial charge in [-0.15, -0.1) is 0 Å². The average molecular weight is 733 g/mol. The molecule has 1 aromatic rings. The van der Waals surface area contributed by atoms with E-state index in [4.69, 9.17) is 9.47 Å². The summed E-state index contributed by atoms with van der Waals surface area (Å²) < 4.78 is 14.4. The van der Waals surface area contributed by atoms with Crippen molar-refractivity contribution < 1.29 is 19.1 Å². The molecule has 0 radical (unpaired) electrons. The van der Waals surface area contributed by atoms with E-state index in [1.807, 2.05) is 6.33 Å². The van der Waals surface area contributed by atoms with Gasteiger partial charge in [-0.3, -0.25) is 14.5 Å². The monoisotopic (exact) mass is 733 g/mol. The molecule has 0 amide bonds. The number of likely N-dealkylation sites (N-methyl/N-ethyl adjacent to an activating group) is 1. The average Bonchev–Trinajstić information content (AvgIpc) is 3.58. The predicted octanol–water partition coefficient (Wildman–Crippen LogP) is 11.3. The molecule has 1 rings (SSSR count). The summed E-state index contributed by atoms with van der Waals surface area (Å²) >= 11 is 0. The molecule has 1 heterocycles. The van der Waals surface area contributed by atoms with Crippen LogP contribution < -0.4 is 0 Å². The Kier molecular flexibility index (Phi) is 31.1. The molecule has 0 saturated heterocycles. The van der Waals surface area contributed by atoms with Gasteiger partial charge in [0.05, 0.1) is 24.9 Å². The van der Waals surface area contributed by atoms with Crippen molar-refractivity contribution in [3.8, 4) is 0 Å². The molecular weight excluding hydrogens is 649 g/mol. The second kappa shape index (κ2) is 33.6. The summed E-state index contributed by atoms with van der Waals surface area (Å²) in [6.07, 6.45) is 32.9. The number of ether oxygens (including phenoxy) is 2. The molecule has 0 fully saturated rings. The normalized spacial score (nSPS) is 12.8. The number of imidazole rings is 1. The molecule has 52 heavy (non-hydrogen) atoms. The third-order valence-electron chi connectivity index (χ3n) is 10.3. The standard InChI is InChI=1S/C44H84N4O4/c1-7-11-15-19-21-25-29-41(27-23-17-13-9-3)51-43(49)31-33-47(37-40-38-48(39-45-40)36-35-46(5)6)34-32-44(50)52-42(28-24-18-14-10-4)30-26-22-20-16-12-8-2/h38-39,41-42H,7-37H2,1-6H3. The van der Waals surface area contributed by atoms with Gasteiger partial charge in [0.25, 0.3) is 0 Å². The number of nitrogens with zero attached hydrogens (tertiary/aromatic N) is 4. The Balaban J connectivity index is 2.83. The molecule has 304 valence electrons. The summed E-state index contributed by atoms with van der Waals surface area (Å²) in [7, 11) is 4.15. The van der Waals surface area contributed by atoms with E-state index in [2.05, 4.69) is 67.3 Å². The van der Waals surface area contributed by atoms with Crippen molar-refractivity contribution in [1.82, 2.24) is 19.4 Å². The highest BCUT2D eigenvalue weighted by molar-refractivity contribution is 5.70. The van der Waals surface area contributed by atoms with Gasteiger partial charge in [0.1, 0.15) is 12.2 Å². The van der Waals surface area contributed by atoms with Crippen LogP contribution in [0.4, 0.5) is 0 Å². The van der Waals surface area contributed by atoms with Crippen molar-refractivity contribution in [1.29, 1.82) is 0 Å². The van der Waals surface area contributed by atoms with Gasteiger partial charge >= 0.3 is 11.9 Å².